The van der Waals surface area contributed by atoms with Crippen molar-refractivity contribution >= 4 is 11.6 Å². The van der Waals surface area contributed by atoms with Crippen LogP contribution in [0.3, 0.4) is 0 Å². The lowest BCUT2D eigenvalue weighted by molar-refractivity contribution is -0.175. The molecule has 0 saturated heterocycles. The highest BCUT2D eigenvalue weighted by atomic mass is 16.7. The van der Waals surface area contributed by atoms with Crippen LogP contribution in [0.1, 0.15) is 67.5 Å². The number of carbonyl (C=O) groups is 1. The second kappa shape index (κ2) is 13.1. The number of ether oxygens (including phenoxy) is 1. The molecule has 9 nitrogen and oxygen atoms in total. The van der Waals surface area contributed by atoms with E-state index in [1.807, 2.05) is 63.7 Å². The van der Waals surface area contributed by atoms with Crippen LogP contribution in [0.25, 0.3) is 16.8 Å². The Morgan fingerprint density at radius 3 is 2.52 bits per heavy atom. The number of benzene rings is 2. The summed E-state index contributed by atoms with van der Waals surface area (Å²) in [5, 5.41) is 15.3. The summed E-state index contributed by atoms with van der Waals surface area (Å²) in [6, 6.07) is 19.9. The fourth-order valence-electron chi connectivity index (χ4n) is 5.90. The van der Waals surface area contributed by atoms with Crippen LogP contribution in [0, 0.1) is 11.3 Å². The van der Waals surface area contributed by atoms with Gasteiger partial charge in [-0.05, 0) is 54.9 Å². The number of hydrogen-bond acceptors (Lipinski definition) is 6. The lowest BCUT2D eigenvalue weighted by Crippen LogP contribution is -2.36. The molecule has 42 heavy (non-hydrogen) atoms. The second-order valence-electron chi connectivity index (χ2n) is 10.8. The van der Waals surface area contributed by atoms with Crippen LogP contribution in [0.4, 0.5) is 0 Å². The molecule has 1 aliphatic rings. The third-order valence-corrected chi connectivity index (χ3v) is 8.21. The molecule has 2 aromatic carbocycles. The number of nitriles is 1. The maximum Gasteiger partial charge on any atom is 0.271 e. The summed E-state index contributed by atoms with van der Waals surface area (Å²) in [6.45, 7) is 2.09. The van der Waals surface area contributed by atoms with Crippen LogP contribution >= 0.6 is 0 Å². The fourth-order valence-corrected chi connectivity index (χ4v) is 5.90. The molecule has 4 aromatic rings. The molecule has 1 amide bonds. The first-order valence-corrected chi connectivity index (χ1v) is 14.6. The van der Waals surface area contributed by atoms with E-state index in [0.717, 1.165) is 72.1 Å². The molecule has 0 atom stereocenters. The monoisotopic (exact) mass is 567 g/mol. The van der Waals surface area contributed by atoms with Crippen LogP contribution < -0.4 is 5.56 Å². The molecule has 0 aliphatic heterocycles. The van der Waals surface area contributed by atoms with E-state index >= 15 is 0 Å². The van der Waals surface area contributed by atoms with Crippen molar-refractivity contribution in [2.75, 3.05) is 20.8 Å². The fraction of sp³-hybridized carbons (Fsp3) is 0.394. The van der Waals surface area contributed by atoms with Gasteiger partial charge in [-0.3, -0.25) is 19.0 Å². The van der Waals surface area contributed by atoms with E-state index in [1.54, 1.807) is 13.2 Å². The predicted molar refractivity (Wildman–Crippen MR) is 160 cm³/mol. The van der Waals surface area contributed by atoms with Crippen molar-refractivity contribution in [2.45, 2.75) is 64.0 Å². The summed E-state index contributed by atoms with van der Waals surface area (Å²) in [4.78, 5) is 31.2. The molecule has 0 radical (unpaired) electrons. The number of carbonyl (C=O) groups excluding carboxylic acids is 1. The molecule has 1 aliphatic carbocycles. The number of rotatable bonds is 10. The number of aromatic nitrogens is 3. The van der Waals surface area contributed by atoms with Gasteiger partial charge < -0.3 is 4.74 Å². The minimum Gasteiger partial charge on any atom is -0.368 e. The molecule has 218 valence electrons. The molecule has 0 spiro atoms. The standard InChI is InChI=1S/C33H37N5O4/c1-4-7-30-29(20-23-10-12-24(13-11-23)28-9-6-5-8-25(28)21-34)33(40)37(31-18-19-35-38(30)31)26-14-16-27(17-15-26)42-22-32(39)36(2)41-3/h5-6,8-13,18-19,26-27H,4,7,14-17,20,22H2,1-3H3. The van der Waals surface area contributed by atoms with E-state index < -0.39 is 0 Å². The van der Waals surface area contributed by atoms with Gasteiger partial charge in [0.05, 0.1) is 36.7 Å². The van der Waals surface area contributed by atoms with Crippen molar-refractivity contribution in [2.24, 2.45) is 0 Å². The first-order chi connectivity index (χ1) is 20.4. The van der Waals surface area contributed by atoms with Crippen molar-refractivity contribution in [3.8, 4) is 17.2 Å². The Balaban J connectivity index is 1.41. The topological polar surface area (TPSA) is 102 Å². The zero-order valence-corrected chi connectivity index (χ0v) is 24.5. The number of aryl methyl sites for hydroxylation is 1. The Morgan fingerprint density at radius 2 is 1.83 bits per heavy atom. The van der Waals surface area contributed by atoms with Gasteiger partial charge in [-0.15, -0.1) is 0 Å². The molecule has 2 heterocycles. The van der Waals surface area contributed by atoms with Crippen LogP contribution in [-0.4, -0.2) is 52.0 Å². The average molecular weight is 568 g/mol. The molecule has 1 fully saturated rings. The highest BCUT2D eigenvalue weighted by molar-refractivity contribution is 5.76. The summed E-state index contributed by atoms with van der Waals surface area (Å²) in [5.41, 5.74) is 6.11. The molecule has 0 N–H and O–H groups in total. The van der Waals surface area contributed by atoms with E-state index in [-0.39, 0.29) is 30.2 Å². The van der Waals surface area contributed by atoms with Gasteiger partial charge in [0.15, 0.2) is 0 Å². The van der Waals surface area contributed by atoms with Crippen molar-refractivity contribution < 1.29 is 14.4 Å². The van der Waals surface area contributed by atoms with Crippen molar-refractivity contribution in [3.05, 3.63) is 93.5 Å². The first kappa shape index (κ1) is 29.2. The Morgan fingerprint density at radius 1 is 1.10 bits per heavy atom. The zero-order valence-electron chi connectivity index (χ0n) is 24.5. The van der Waals surface area contributed by atoms with E-state index in [9.17, 15) is 14.9 Å². The Bertz CT molecular complexity index is 1640. The summed E-state index contributed by atoms with van der Waals surface area (Å²) in [7, 11) is 3.01. The SMILES string of the molecule is CCCc1c(Cc2ccc(-c3ccccc3C#N)cc2)c(=O)n(C2CCC(OCC(=O)N(C)OC)CC2)c2ccnn12. The van der Waals surface area contributed by atoms with Gasteiger partial charge in [-0.1, -0.05) is 55.8 Å². The molecular formula is C33H37N5O4. The number of fused-ring (bicyclic) bond motifs is 1. The smallest absolute Gasteiger partial charge is 0.271 e. The van der Waals surface area contributed by atoms with Gasteiger partial charge >= 0.3 is 0 Å². The maximum atomic E-state index is 14.2. The van der Waals surface area contributed by atoms with Crippen LogP contribution in [-0.2, 0) is 27.2 Å². The third-order valence-electron chi connectivity index (χ3n) is 8.21. The van der Waals surface area contributed by atoms with E-state index in [4.69, 9.17) is 9.57 Å². The second-order valence-corrected chi connectivity index (χ2v) is 10.8. The van der Waals surface area contributed by atoms with E-state index in [0.29, 0.717) is 12.0 Å². The summed E-state index contributed by atoms with van der Waals surface area (Å²) in [5.74, 6) is -0.227. The van der Waals surface area contributed by atoms with Crippen LogP contribution in [0.2, 0.25) is 0 Å². The Hall–Kier alpha value is -4.26. The molecular weight excluding hydrogens is 530 g/mol. The van der Waals surface area contributed by atoms with E-state index in [2.05, 4.69) is 18.1 Å². The summed E-state index contributed by atoms with van der Waals surface area (Å²) >= 11 is 0. The minimum absolute atomic E-state index is 0.0215. The first-order valence-electron chi connectivity index (χ1n) is 14.6. The normalized spacial score (nSPS) is 16.8. The molecule has 5 rings (SSSR count). The number of nitrogens with zero attached hydrogens (tertiary/aromatic N) is 5. The summed E-state index contributed by atoms with van der Waals surface area (Å²) in [6.07, 6.45) is 6.96. The van der Waals surface area contributed by atoms with Gasteiger partial charge in [0.2, 0.25) is 0 Å². The molecule has 0 bridgehead atoms. The number of likely N-dealkylation sites (N-methyl/N-ethyl adjacent to an activating group) is 1. The lowest BCUT2D eigenvalue weighted by atomic mass is 9.92. The van der Waals surface area contributed by atoms with Crippen molar-refractivity contribution in [3.63, 3.8) is 0 Å². The van der Waals surface area contributed by atoms with Gasteiger partial charge in [0.1, 0.15) is 12.3 Å². The van der Waals surface area contributed by atoms with Crippen molar-refractivity contribution in [1.82, 2.24) is 19.2 Å². The molecule has 0 unspecified atom stereocenters. The zero-order chi connectivity index (χ0) is 29.6. The maximum absolute atomic E-state index is 14.2. The van der Waals surface area contributed by atoms with Crippen molar-refractivity contribution in [1.29, 1.82) is 5.26 Å². The number of amides is 1. The van der Waals surface area contributed by atoms with E-state index in [1.165, 1.54) is 12.2 Å². The Kier molecular flexibility index (Phi) is 9.15. The highest BCUT2D eigenvalue weighted by Crippen LogP contribution is 2.31. The van der Waals surface area contributed by atoms with Gasteiger partial charge in [0, 0.05) is 31.1 Å². The molecule has 2 aromatic heterocycles. The molecule has 9 heteroatoms. The van der Waals surface area contributed by atoms with Gasteiger partial charge in [0.25, 0.3) is 11.5 Å². The summed E-state index contributed by atoms with van der Waals surface area (Å²) < 4.78 is 9.74. The van der Waals surface area contributed by atoms with Crippen LogP contribution in [0.5, 0.6) is 0 Å². The van der Waals surface area contributed by atoms with Gasteiger partial charge in [-0.2, -0.15) is 10.4 Å². The molecule has 1 saturated carbocycles. The highest BCUT2D eigenvalue weighted by Gasteiger charge is 2.28. The largest absolute Gasteiger partial charge is 0.368 e. The van der Waals surface area contributed by atoms with Gasteiger partial charge in [-0.25, -0.2) is 9.58 Å². The van der Waals surface area contributed by atoms with Crippen LogP contribution in [0.15, 0.2) is 65.6 Å². The third kappa shape index (κ3) is 6.01. The quantitative estimate of drug-likeness (QED) is 0.247. The average Bonchev–Trinajstić information content (AvgIpc) is 3.51. The number of hydrogen-bond donors (Lipinski definition) is 0. The minimum atomic E-state index is -0.227. The Labute approximate surface area is 245 Å². The number of hydroxylamine groups is 2. The predicted octanol–water partition coefficient (Wildman–Crippen LogP) is 5.10. The lowest BCUT2D eigenvalue weighted by Gasteiger charge is -2.31.